The summed E-state index contributed by atoms with van der Waals surface area (Å²) in [6.07, 6.45) is 5.98. The van der Waals surface area contributed by atoms with Crippen LogP contribution in [0.25, 0.3) is 11.0 Å². The van der Waals surface area contributed by atoms with Gasteiger partial charge in [-0.1, -0.05) is 18.9 Å². The maximum Gasteiger partial charge on any atom is 0.271 e. The molecule has 2 heterocycles. The lowest BCUT2D eigenvalue weighted by molar-refractivity contribution is 0.0995. The van der Waals surface area contributed by atoms with Gasteiger partial charge < -0.3 is 26.7 Å². The first-order chi connectivity index (χ1) is 13.5. The van der Waals surface area contributed by atoms with Gasteiger partial charge in [0.2, 0.25) is 0 Å². The Labute approximate surface area is 162 Å². The Morgan fingerprint density at radius 1 is 1.21 bits per heavy atom. The molecule has 1 aliphatic rings. The summed E-state index contributed by atoms with van der Waals surface area (Å²) >= 11 is 0. The lowest BCUT2D eigenvalue weighted by Gasteiger charge is -2.29. The van der Waals surface area contributed by atoms with Gasteiger partial charge in [-0.3, -0.25) is 4.79 Å². The number of carbonyl (C=O) groups excluding carboxylic acids is 1. The van der Waals surface area contributed by atoms with Crippen LogP contribution in [-0.4, -0.2) is 37.7 Å². The third-order valence-corrected chi connectivity index (χ3v) is 5.20. The van der Waals surface area contributed by atoms with Gasteiger partial charge in [0.15, 0.2) is 11.5 Å². The lowest BCUT2D eigenvalue weighted by atomic mass is 9.91. The lowest BCUT2D eigenvalue weighted by Crippen LogP contribution is -2.42. The Bertz CT molecular complexity index is 1010. The Morgan fingerprint density at radius 2 is 2.04 bits per heavy atom. The number of hydrogen-bond acceptors (Lipinski definition) is 7. The normalized spacial score (nSPS) is 19.5. The first-order valence-corrected chi connectivity index (χ1v) is 9.39. The van der Waals surface area contributed by atoms with Crippen molar-refractivity contribution in [3.63, 3.8) is 0 Å². The second-order valence-corrected chi connectivity index (χ2v) is 7.21. The van der Waals surface area contributed by atoms with Crippen molar-refractivity contribution in [2.75, 3.05) is 10.6 Å². The van der Waals surface area contributed by atoms with Gasteiger partial charge in [-0.15, -0.1) is 10.2 Å². The molecule has 1 amide bonds. The number of rotatable bonds is 5. The molecule has 0 radical (unpaired) electrons. The summed E-state index contributed by atoms with van der Waals surface area (Å²) in [5, 5.41) is 14.8. The van der Waals surface area contributed by atoms with E-state index in [0.717, 1.165) is 42.4 Å². The molecule has 4 rings (SSSR count). The van der Waals surface area contributed by atoms with Gasteiger partial charge in [-0.25, -0.2) is 4.98 Å². The van der Waals surface area contributed by atoms with E-state index in [4.69, 9.17) is 11.5 Å². The number of fused-ring (bicyclic) bond motifs is 1. The van der Waals surface area contributed by atoms with Crippen molar-refractivity contribution in [1.29, 1.82) is 0 Å². The zero-order valence-electron chi connectivity index (χ0n) is 15.7. The van der Waals surface area contributed by atoms with Gasteiger partial charge in [-0.2, -0.15) is 0 Å². The highest BCUT2D eigenvalue weighted by atomic mass is 16.1. The molecule has 146 valence electrons. The Morgan fingerprint density at radius 3 is 2.82 bits per heavy atom. The molecule has 28 heavy (non-hydrogen) atoms. The van der Waals surface area contributed by atoms with E-state index in [2.05, 4.69) is 25.8 Å². The molecule has 1 aromatic carbocycles. The largest absolute Gasteiger partial charge is 0.364 e. The molecule has 2 atom stereocenters. The fraction of sp³-hybridized carbons (Fsp3) is 0.368. The molecule has 0 spiro atoms. The molecule has 0 bridgehead atoms. The van der Waals surface area contributed by atoms with Gasteiger partial charge >= 0.3 is 0 Å². The van der Waals surface area contributed by atoms with E-state index in [-0.39, 0.29) is 17.8 Å². The van der Waals surface area contributed by atoms with Gasteiger partial charge in [0.1, 0.15) is 5.52 Å². The van der Waals surface area contributed by atoms with E-state index in [1.807, 2.05) is 29.8 Å². The Kier molecular flexibility index (Phi) is 4.82. The monoisotopic (exact) mass is 380 g/mol. The quantitative estimate of drug-likeness (QED) is 0.530. The van der Waals surface area contributed by atoms with E-state index >= 15 is 0 Å². The molecule has 9 nitrogen and oxygen atoms in total. The van der Waals surface area contributed by atoms with Gasteiger partial charge in [0, 0.05) is 25.2 Å². The summed E-state index contributed by atoms with van der Waals surface area (Å²) in [5.41, 5.74) is 14.8. The van der Waals surface area contributed by atoms with Crippen molar-refractivity contribution < 1.29 is 4.79 Å². The molecule has 1 fully saturated rings. The summed E-state index contributed by atoms with van der Waals surface area (Å²) in [6, 6.07) is 7.75. The fourth-order valence-electron chi connectivity index (χ4n) is 3.67. The molecular formula is C19H24N8O. The van der Waals surface area contributed by atoms with E-state index in [9.17, 15) is 4.79 Å². The smallest absolute Gasteiger partial charge is 0.271 e. The molecule has 1 aliphatic carbocycles. The van der Waals surface area contributed by atoms with Gasteiger partial charge in [0.05, 0.1) is 23.2 Å². The molecular weight excluding hydrogens is 356 g/mol. The minimum absolute atomic E-state index is 0.0741. The van der Waals surface area contributed by atoms with Crippen molar-refractivity contribution in [3.8, 4) is 0 Å². The van der Waals surface area contributed by atoms with Crippen LogP contribution in [-0.2, 0) is 7.05 Å². The topological polar surface area (TPSA) is 137 Å². The van der Waals surface area contributed by atoms with E-state index in [1.165, 1.54) is 0 Å². The SMILES string of the molecule is Cn1cnc2c(Nc3cc(NC4CCCCC4N)nnc3C(N)=O)cccc21. The van der Waals surface area contributed by atoms with Crippen LogP contribution in [0, 0.1) is 0 Å². The molecule has 0 saturated heterocycles. The highest BCUT2D eigenvalue weighted by molar-refractivity contribution is 5.99. The van der Waals surface area contributed by atoms with Crippen molar-refractivity contribution in [3.05, 3.63) is 36.3 Å². The number of anilines is 3. The van der Waals surface area contributed by atoms with Crippen molar-refractivity contribution in [2.45, 2.75) is 37.8 Å². The number of nitrogens with zero attached hydrogens (tertiary/aromatic N) is 4. The van der Waals surface area contributed by atoms with E-state index in [0.29, 0.717) is 11.5 Å². The zero-order valence-corrected chi connectivity index (χ0v) is 15.7. The summed E-state index contributed by atoms with van der Waals surface area (Å²) in [4.78, 5) is 16.3. The second kappa shape index (κ2) is 7.43. The first-order valence-electron chi connectivity index (χ1n) is 9.39. The van der Waals surface area contributed by atoms with Crippen LogP contribution >= 0.6 is 0 Å². The highest BCUT2D eigenvalue weighted by Crippen LogP contribution is 2.28. The molecule has 3 aromatic rings. The average Bonchev–Trinajstić information content (AvgIpc) is 3.06. The number of nitrogens with one attached hydrogen (secondary N) is 2. The van der Waals surface area contributed by atoms with Crippen LogP contribution in [0.3, 0.4) is 0 Å². The molecule has 2 aromatic heterocycles. The number of aromatic nitrogens is 4. The number of para-hydroxylation sites is 1. The summed E-state index contributed by atoms with van der Waals surface area (Å²) in [7, 11) is 1.93. The standard InChI is InChI=1S/C19H24N8O/c1-27-10-22-17-13(7-4-8-15(17)27)23-14-9-16(25-26-18(14)19(21)28)24-12-6-3-2-5-11(12)20/h4,7-12H,2-3,5-6,20H2,1H3,(H2,21,28)(H2,23,24,25). The van der Waals surface area contributed by atoms with Gasteiger partial charge in [0.25, 0.3) is 5.91 Å². The molecule has 9 heteroatoms. The molecule has 1 saturated carbocycles. The summed E-state index contributed by atoms with van der Waals surface area (Å²) in [5.74, 6) is -0.0906. The van der Waals surface area contributed by atoms with E-state index in [1.54, 1.807) is 12.4 Å². The van der Waals surface area contributed by atoms with Crippen LogP contribution in [0.5, 0.6) is 0 Å². The molecule has 2 unspecified atom stereocenters. The van der Waals surface area contributed by atoms with E-state index < -0.39 is 5.91 Å². The number of nitrogens with two attached hydrogens (primary N) is 2. The maximum absolute atomic E-state index is 11.9. The molecule has 6 N–H and O–H groups in total. The van der Waals surface area contributed by atoms with Crippen LogP contribution in [0.4, 0.5) is 17.2 Å². The third-order valence-electron chi connectivity index (χ3n) is 5.20. The number of benzene rings is 1. The summed E-state index contributed by atoms with van der Waals surface area (Å²) < 4.78 is 1.93. The number of aryl methyl sites for hydroxylation is 1. The van der Waals surface area contributed by atoms with Crippen LogP contribution in [0.15, 0.2) is 30.6 Å². The second-order valence-electron chi connectivity index (χ2n) is 7.21. The predicted molar refractivity (Wildman–Crippen MR) is 108 cm³/mol. The average molecular weight is 380 g/mol. The van der Waals surface area contributed by atoms with Crippen molar-refractivity contribution in [1.82, 2.24) is 19.7 Å². The maximum atomic E-state index is 11.9. The highest BCUT2D eigenvalue weighted by Gasteiger charge is 2.23. The molecule has 0 aliphatic heterocycles. The summed E-state index contributed by atoms with van der Waals surface area (Å²) in [6.45, 7) is 0. The number of primary amides is 1. The van der Waals surface area contributed by atoms with Crippen LogP contribution < -0.4 is 22.1 Å². The number of carbonyl (C=O) groups is 1. The van der Waals surface area contributed by atoms with Gasteiger partial charge in [-0.05, 0) is 25.0 Å². The third kappa shape index (κ3) is 3.48. The van der Waals surface area contributed by atoms with Crippen molar-refractivity contribution in [2.24, 2.45) is 18.5 Å². The number of imidazole rings is 1. The minimum Gasteiger partial charge on any atom is -0.364 e. The Hall–Kier alpha value is -3.20. The fourth-order valence-corrected chi connectivity index (χ4v) is 3.67. The number of amides is 1. The predicted octanol–water partition coefficient (Wildman–Crippen LogP) is 1.89. The Balaban J connectivity index is 1.67. The first kappa shape index (κ1) is 18.2. The van der Waals surface area contributed by atoms with Crippen LogP contribution in [0.2, 0.25) is 0 Å². The van der Waals surface area contributed by atoms with Crippen LogP contribution in [0.1, 0.15) is 36.2 Å². The minimum atomic E-state index is -0.649. The number of hydrogen-bond donors (Lipinski definition) is 4. The van der Waals surface area contributed by atoms with Crippen molar-refractivity contribution >= 4 is 34.1 Å². The zero-order chi connectivity index (χ0) is 19.7.